The van der Waals surface area contributed by atoms with Crippen LogP contribution in [0, 0.1) is 10.5 Å². The summed E-state index contributed by atoms with van der Waals surface area (Å²) in [5.74, 6) is 0. The van der Waals surface area contributed by atoms with Crippen LogP contribution < -0.4 is 0 Å². The fourth-order valence-corrected chi connectivity index (χ4v) is 3.79. The number of hydrogen-bond acceptors (Lipinski definition) is 1. The van der Waals surface area contributed by atoms with Crippen LogP contribution in [-0.4, -0.2) is 0 Å². The summed E-state index contributed by atoms with van der Waals surface area (Å²) < 4.78 is 4.15. The second-order valence-electron chi connectivity index (χ2n) is 3.72. The second-order valence-corrected chi connectivity index (χ2v) is 5.93. The van der Waals surface area contributed by atoms with Gasteiger partial charge in [-0.1, -0.05) is 23.8 Å². The van der Waals surface area contributed by atoms with E-state index in [2.05, 4.69) is 65.9 Å². The Morgan fingerprint density at radius 2 is 1.93 bits per heavy atom. The molecular formula is C13H9IS. The molecule has 0 saturated carbocycles. The van der Waals surface area contributed by atoms with Gasteiger partial charge in [-0.25, -0.2) is 0 Å². The van der Waals surface area contributed by atoms with Crippen LogP contribution in [0.3, 0.4) is 0 Å². The van der Waals surface area contributed by atoms with Crippen molar-refractivity contribution in [3.05, 3.63) is 45.5 Å². The molecule has 0 N–H and O–H groups in total. The first-order valence-corrected chi connectivity index (χ1v) is 6.72. The first kappa shape index (κ1) is 9.60. The molecular weight excluding hydrogens is 315 g/mol. The lowest BCUT2D eigenvalue weighted by Crippen LogP contribution is -1.71. The Morgan fingerprint density at radius 3 is 2.80 bits per heavy atom. The minimum absolute atomic E-state index is 1.33. The van der Waals surface area contributed by atoms with Crippen molar-refractivity contribution in [1.82, 2.24) is 0 Å². The normalized spacial score (nSPS) is 11.3. The molecule has 0 amide bonds. The van der Waals surface area contributed by atoms with Crippen LogP contribution in [0.15, 0.2) is 36.4 Å². The lowest BCUT2D eigenvalue weighted by molar-refractivity contribution is 1.52. The van der Waals surface area contributed by atoms with Crippen molar-refractivity contribution in [2.75, 3.05) is 0 Å². The Morgan fingerprint density at radius 1 is 1.07 bits per heavy atom. The minimum atomic E-state index is 1.33. The van der Waals surface area contributed by atoms with Gasteiger partial charge in [-0.2, -0.15) is 0 Å². The highest BCUT2D eigenvalue weighted by molar-refractivity contribution is 14.1. The van der Waals surface area contributed by atoms with Crippen LogP contribution in [0.2, 0.25) is 0 Å². The molecule has 1 aromatic heterocycles. The van der Waals surface area contributed by atoms with Crippen LogP contribution in [0.1, 0.15) is 5.56 Å². The number of aryl methyl sites for hydroxylation is 1. The van der Waals surface area contributed by atoms with Gasteiger partial charge in [0, 0.05) is 23.7 Å². The molecule has 0 aliphatic heterocycles. The molecule has 0 saturated heterocycles. The number of halogens is 1. The molecule has 0 radical (unpaired) electrons. The maximum Gasteiger partial charge on any atom is 0.0488 e. The van der Waals surface area contributed by atoms with Crippen LogP contribution in [0.25, 0.3) is 20.2 Å². The fourth-order valence-electron chi connectivity index (χ4n) is 1.88. The first-order valence-electron chi connectivity index (χ1n) is 4.83. The Balaban J connectivity index is 2.58. The lowest BCUT2D eigenvalue weighted by Gasteiger charge is -1.94. The van der Waals surface area contributed by atoms with Crippen molar-refractivity contribution in [3.63, 3.8) is 0 Å². The smallest absolute Gasteiger partial charge is 0.0488 e. The van der Waals surface area contributed by atoms with Gasteiger partial charge in [0.2, 0.25) is 0 Å². The van der Waals surface area contributed by atoms with E-state index in [0.717, 1.165) is 0 Å². The second kappa shape index (κ2) is 3.46. The SMILES string of the molecule is Cc1ccc2sc3c(I)cccc3c2c1. The summed E-state index contributed by atoms with van der Waals surface area (Å²) >= 11 is 4.30. The summed E-state index contributed by atoms with van der Waals surface area (Å²) in [5.41, 5.74) is 1.33. The molecule has 1 heterocycles. The summed E-state index contributed by atoms with van der Waals surface area (Å²) in [4.78, 5) is 0. The number of thiophene rings is 1. The van der Waals surface area contributed by atoms with E-state index in [1.54, 1.807) is 0 Å². The summed E-state index contributed by atoms with van der Waals surface area (Å²) in [6, 6.07) is 13.2. The monoisotopic (exact) mass is 324 g/mol. The van der Waals surface area contributed by atoms with E-state index in [9.17, 15) is 0 Å². The third-order valence-corrected chi connectivity index (χ3v) is 5.09. The van der Waals surface area contributed by atoms with Crippen molar-refractivity contribution in [3.8, 4) is 0 Å². The third kappa shape index (κ3) is 1.47. The van der Waals surface area contributed by atoms with Crippen LogP contribution in [-0.2, 0) is 0 Å². The average Bonchev–Trinajstić information content (AvgIpc) is 2.58. The zero-order valence-electron chi connectivity index (χ0n) is 8.25. The highest BCUT2D eigenvalue weighted by atomic mass is 127. The summed E-state index contributed by atoms with van der Waals surface area (Å²) in [7, 11) is 0. The number of benzene rings is 2. The minimum Gasteiger partial charge on any atom is -0.134 e. The fraction of sp³-hybridized carbons (Fsp3) is 0.0769. The molecule has 3 rings (SSSR count). The molecule has 15 heavy (non-hydrogen) atoms. The third-order valence-electron chi connectivity index (χ3n) is 2.60. The van der Waals surface area contributed by atoms with E-state index in [1.165, 1.54) is 29.3 Å². The summed E-state index contributed by atoms with van der Waals surface area (Å²) in [6.45, 7) is 2.15. The van der Waals surface area contributed by atoms with Crippen LogP contribution in [0.5, 0.6) is 0 Å². The van der Waals surface area contributed by atoms with E-state index in [4.69, 9.17) is 0 Å². The summed E-state index contributed by atoms with van der Waals surface area (Å²) in [5, 5.41) is 2.79. The van der Waals surface area contributed by atoms with E-state index >= 15 is 0 Å². The van der Waals surface area contributed by atoms with Crippen molar-refractivity contribution in [2.45, 2.75) is 6.92 Å². The number of rotatable bonds is 0. The molecule has 0 atom stereocenters. The molecule has 74 valence electrons. The highest BCUT2D eigenvalue weighted by Gasteiger charge is 2.06. The Hall–Kier alpha value is -0.610. The lowest BCUT2D eigenvalue weighted by atomic mass is 10.1. The van der Waals surface area contributed by atoms with Crippen molar-refractivity contribution in [2.24, 2.45) is 0 Å². The Kier molecular flexibility index (Phi) is 2.21. The van der Waals surface area contributed by atoms with Gasteiger partial charge in [0.1, 0.15) is 0 Å². The van der Waals surface area contributed by atoms with E-state index in [-0.39, 0.29) is 0 Å². The van der Waals surface area contributed by atoms with Crippen LogP contribution in [0.4, 0.5) is 0 Å². The number of fused-ring (bicyclic) bond motifs is 3. The molecule has 0 aliphatic carbocycles. The topological polar surface area (TPSA) is 0 Å². The van der Waals surface area contributed by atoms with Crippen molar-refractivity contribution in [1.29, 1.82) is 0 Å². The number of hydrogen-bond donors (Lipinski definition) is 0. The molecule has 0 aliphatic rings. The van der Waals surface area contributed by atoms with Crippen molar-refractivity contribution >= 4 is 54.1 Å². The van der Waals surface area contributed by atoms with E-state index in [1.807, 2.05) is 11.3 Å². The molecule has 0 spiro atoms. The zero-order chi connectivity index (χ0) is 10.4. The molecule has 0 bridgehead atoms. The predicted molar refractivity (Wildman–Crippen MR) is 76.8 cm³/mol. The van der Waals surface area contributed by atoms with Crippen molar-refractivity contribution < 1.29 is 0 Å². The maximum atomic E-state index is 2.41. The molecule has 0 nitrogen and oxygen atoms in total. The maximum absolute atomic E-state index is 2.41. The molecule has 3 aromatic rings. The Labute approximate surface area is 106 Å². The van der Waals surface area contributed by atoms with Gasteiger partial charge < -0.3 is 0 Å². The molecule has 2 aromatic carbocycles. The molecule has 0 fully saturated rings. The molecule has 2 heteroatoms. The van der Waals surface area contributed by atoms with Gasteiger partial charge in [-0.15, -0.1) is 11.3 Å². The van der Waals surface area contributed by atoms with Gasteiger partial charge in [-0.3, -0.25) is 0 Å². The van der Waals surface area contributed by atoms with Gasteiger partial charge in [0.15, 0.2) is 0 Å². The van der Waals surface area contributed by atoms with Crippen LogP contribution >= 0.6 is 33.9 Å². The zero-order valence-corrected chi connectivity index (χ0v) is 11.2. The first-order chi connectivity index (χ1) is 7.25. The average molecular weight is 324 g/mol. The highest BCUT2D eigenvalue weighted by Crippen LogP contribution is 2.36. The summed E-state index contributed by atoms with van der Waals surface area (Å²) in [6.07, 6.45) is 0. The van der Waals surface area contributed by atoms with Gasteiger partial charge in [0.25, 0.3) is 0 Å². The predicted octanol–water partition coefficient (Wildman–Crippen LogP) is 4.97. The van der Waals surface area contributed by atoms with E-state index < -0.39 is 0 Å². The quantitative estimate of drug-likeness (QED) is 0.512. The largest absolute Gasteiger partial charge is 0.134 e. The van der Waals surface area contributed by atoms with Gasteiger partial charge in [0.05, 0.1) is 0 Å². The van der Waals surface area contributed by atoms with Gasteiger partial charge in [-0.05, 0) is 47.7 Å². The standard InChI is InChI=1S/C13H9IS/c1-8-5-6-12-10(7-8)9-3-2-4-11(14)13(9)15-12/h2-7H,1H3. The molecule has 0 unspecified atom stereocenters. The van der Waals surface area contributed by atoms with E-state index in [0.29, 0.717) is 0 Å². The van der Waals surface area contributed by atoms with Gasteiger partial charge >= 0.3 is 0 Å². The Bertz CT molecular complexity index is 652.